The number of fused-ring (bicyclic) bond motifs is 9. The van der Waals surface area contributed by atoms with Crippen LogP contribution in [0.2, 0.25) is 0 Å². The zero-order valence-electron chi connectivity index (χ0n) is 24.8. The molecular formula is C43H26N2S. The maximum Gasteiger partial charge on any atom is 0.0786 e. The van der Waals surface area contributed by atoms with Crippen LogP contribution in [0.25, 0.3) is 91.6 Å². The third-order valence-electron chi connectivity index (χ3n) is 9.41. The van der Waals surface area contributed by atoms with Crippen molar-refractivity contribution in [3.8, 4) is 27.9 Å². The molecule has 3 heteroatoms. The Morgan fingerprint density at radius 3 is 2.15 bits per heavy atom. The third-order valence-corrected chi connectivity index (χ3v) is 10.6. The predicted molar refractivity (Wildman–Crippen MR) is 197 cm³/mol. The van der Waals surface area contributed by atoms with Crippen molar-refractivity contribution in [2.45, 2.75) is 0 Å². The number of para-hydroxylation sites is 1. The van der Waals surface area contributed by atoms with Crippen molar-refractivity contribution >= 4 is 75.0 Å². The first kappa shape index (κ1) is 25.5. The quantitative estimate of drug-likeness (QED) is 0.184. The van der Waals surface area contributed by atoms with Gasteiger partial charge in [-0.2, -0.15) is 0 Å². The summed E-state index contributed by atoms with van der Waals surface area (Å²) in [5, 5.41) is 8.72. The lowest BCUT2D eigenvalue weighted by molar-refractivity contribution is 1.18. The van der Waals surface area contributed by atoms with E-state index in [1.165, 1.54) is 75.0 Å². The van der Waals surface area contributed by atoms with Gasteiger partial charge in [0.25, 0.3) is 0 Å². The van der Waals surface area contributed by atoms with Crippen molar-refractivity contribution < 1.29 is 0 Å². The molecule has 0 saturated carbocycles. The first-order valence-electron chi connectivity index (χ1n) is 15.6. The van der Waals surface area contributed by atoms with Crippen LogP contribution in [0.15, 0.2) is 158 Å². The molecule has 0 bridgehead atoms. The molecule has 0 radical (unpaired) electrons. The van der Waals surface area contributed by atoms with E-state index in [4.69, 9.17) is 4.98 Å². The Balaban J connectivity index is 1.16. The zero-order chi connectivity index (χ0) is 30.2. The van der Waals surface area contributed by atoms with E-state index in [0.29, 0.717) is 0 Å². The standard InChI is InChI=1S/C43H26N2S/c1-3-15-38-34(12-1)36-25-29(30-20-22-41-37(26-30)35-13-2-4-16-40(35)46-41)19-21-39(36)45(38)32-11-5-9-31(24-32)33-14-6-8-27-17-18-28-10-7-23-44-43(28)42(27)33/h1-26H. The first-order valence-corrected chi connectivity index (χ1v) is 16.4. The number of aromatic nitrogens is 2. The molecule has 214 valence electrons. The fraction of sp³-hybridized carbons (Fsp3) is 0. The highest BCUT2D eigenvalue weighted by Gasteiger charge is 2.16. The fourth-order valence-electron chi connectivity index (χ4n) is 7.30. The SMILES string of the molecule is c1cc(-c2cccc3ccc4cccnc4c23)cc(-n2c3ccccc3c3cc(-c4ccc5sc6ccccc6c5c4)ccc32)c1. The van der Waals surface area contributed by atoms with E-state index >= 15 is 0 Å². The van der Waals surface area contributed by atoms with Crippen LogP contribution in [0.4, 0.5) is 0 Å². The molecule has 0 aliphatic heterocycles. The molecule has 0 fully saturated rings. The Bertz CT molecular complexity index is 2820. The van der Waals surface area contributed by atoms with Gasteiger partial charge >= 0.3 is 0 Å². The molecule has 0 spiro atoms. The predicted octanol–water partition coefficient (Wildman–Crippen LogP) is 12.2. The lowest BCUT2D eigenvalue weighted by Gasteiger charge is -2.13. The van der Waals surface area contributed by atoms with Crippen molar-refractivity contribution in [2.24, 2.45) is 0 Å². The van der Waals surface area contributed by atoms with Crippen LogP contribution in [0.1, 0.15) is 0 Å². The Morgan fingerprint density at radius 2 is 1.20 bits per heavy atom. The van der Waals surface area contributed by atoms with Crippen molar-refractivity contribution in [1.82, 2.24) is 9.55 Å². The van der Waals surface area contributed by atoms with E-state index in [0.717, 1.165) is 16.6 Å². The van der Waals surface area contributed by atoms with Gasteiger partial charge in [0.1, 0.15) is 0 Å². The monoisotopic (exact) mass is 602 g/mol. The van der Waals surface area contributed by atoms with Gasteiger partial charge in [0.15, 0.2) is 0 Å². The maximum absolute atomic E-state index is 4.81. The minimum Gasteiger partial charge on any atom is -0.309 e. The number of thiophene rings is 1. The second kappa shape index (κ2) is 9.87. The van der Waals surface area contributed by atoms with Gasteiger partial charge in [-0.3, -0.25) is 4.98 Å². The second-order valence-corrected chi connectivity index (χ2v) is 13.1. The number of rotatable bonds is 3. The van der Waals surface area contributed by atoms with Crippen LogP contribution in [-0.2, 0) is 0 Å². The number of benzene rings is 7. The minimum atomic E-state index is 1.04. The molecule has 7 aromatic carbocycles. The Morgan fingerprint density at radius 1 is 0.457 bits per heavy atom. The van der Waals surface area contributed by atoms with Crippen LogP contribution >= 0.6 is 11.3 Å². The Kier molecular flexibility index (Phi) is 5.48. The minimum absolute atomic E-state index is 1.04. The van der Waals surface area contributed by atoms with Gasteiger partial charge in [0.2, 0.25) is 0 Å². The average molecular weight is 603 g/mol. The highest BCUT2D eigenvalue weighted by Crippen LogP contribution is 2.40. The number of hydrogen-bond donors (Lipinski definition) is 0. The van der Waals surface area contributed by atoms with Gasteiger partial charge in [-0.25, -0.2) is 0 Å². The lowest BCUT2D eigenvalue weighted by atomic mass is 9.96. The van der Waals surface area contributed by atoms with Gasteiger partial charge < -0.3 is 4.57 Å². The molecule has 3 aromatic heterocycles. The van der Waals surface area contributed by atoms with Gasteiger partial charge in [-0.05, 0) is 82.2 Å². The van der Waals surface area contributed by atoms with Gasteiger partial charge in [-0.1, -0.05) is 97.1 Å². The van der Waals surface area contributed by atoms with E-state index in [2.05, 4.69) is 150 Å². The molecule has 0 aliphatic carbocycles. The topological polar surface area (TPSA) is 17.8 Å². The van der Waals surface area contributed by atoms with Crippen LogP contribution < -0.4 is 0 Å². The van der Waals surface area contributed by atoms with Crippen molar-refractivity contribution in [3.63, 3.8) is 0 Å². The van der Waals surface area contributed by atoms with E-state index < -0.39 is 0 Å². The molecular weight excluding hydrogens is 577 g/mol. The molecule has 0 unspecified atom stereocenters. The number of hydrogen-bond acceptors (Lipinski definition) is 2. The first-order chi connectivity index (χ1) is 22.8. The van der Waals surface area contributed by atoms with Crippen LogP contribution in [-0.4, -0.2) is 9.55 Å². The summed E-state index contributed by atoms with van der Waals surface area (Å²) in [5.74, 6) is 0. The number of nitrogens with zero attached hydrogens (tertiary/aromatic N) is 2. The molecule has 2 nitrogen and oxygen atoms in total. The molecule has 0 atom stereocenters. The summed E-state index contributed by atoms with van der Waals surface area (Å²) < 4.78 is 5.08. The second-order valence-electron chi connectivity index (χ2n) is 12.0. The van der Waals surface area contributed by atoms with E-state index in [1.807, 2.05) is 23.6 Å². The van der Waals surface area contributed by atoms with Gasteiger partial charge in [-0.15, -0.1) is 11.3 Å². The summed E-state index contributed by atoms with van der Waals surface area (Å²) in [5.41, 5.74) is 9.45. The van der Waals surface area contributed by atoms with E-state index in [9.17, 15) is 0 Å². The largest absolute Gasteiger partial charge is 0.309 e. The Labute approximate surface area is 269 Å². The molecule has 0 aliphatic rings. The van der Waals surface area contributed by atoms with E-state index in [-0.39, 0.29) is 0 Å². The van der Waals surface area contributed by atoms with Crippen molar-refractivity contribution in [3.05, 3.63) is 158 Å². The normalized spacial score (nSPS) is 11.9. The summed E-state index contributed by atoms with van der Waals surface area (Å²) in [7, 11) is 0. The molecule has 3 heterocycles. The Hall–Kier alpha value is -5.77. The molecule has 0 saturated heterocycles. The molecule has 0 N–H and O–H groups in total. The van der Waals surface area contributed by atoms with Crippen molar-refractivity contribution in [1.29, 1.82) is 0 Å². The number of pyridine rings is 1. The van der Waals surface area contributed by atoms with E-state index in [1.54, 1.807) is 0 Å². The van der Waals surface area contributed by atoms with Crippen LogP contribution in [0, 0.1) is 0 Å². The molecule has 46 heavy (non-hydrogen) atoms. The van der Waals surface area contributed by atoms with Gasteiger partial charge in [0, 0.05) is 53.6 Å². The maximum atomic E-state index is 4.81. The zero-order valence-corrected chi connectivity index (χ0v) is 25.6. The van der Waals surface area contributed by atoms with Gasteiger partial charge in [0.05, 0.1) is 16.6 Å². The van der Waals surface area contributed by atoms with Crippen LogP contribution in [0.3, 0.4) is 0 Å². The highest BCUT2D eigenvalue weighted by molar-refractivity contribution is 7.25. The van der Waals surface area contributed by atoms with Crippen LogP contribution in [0.5, 0.6) is 0 Å². The molecule has 10 rings (SSSR count). The third kappa shape index (κ3) is 3.79. The lowest BCUT2D eigenvalue weighted by Crippen LogP contribution is -1.94. The van der Waals surface area contributed by atoms with Crippen molar-refractivity contribution in [2.75, 3.05) is 0 Å². The summed E-state index contributed by atoms with van der Waals surface area (Å²) in [6.07, 6.45) is 1.89. The summed E-state index contributed by atoms with van der Waals surface area (Å²) in [6, 6.07) is 55.4. The molecule has 0 amide bonds. The highest BCUT2D eigenvalue weighted by atomic mass is 32.1. The average Bonchev–Trinajstić information content (AvgIpc) is 3.66. The summed E-state index contributed by atoms with van der Waals surface area (Å²) in [4.78, 5) is 4.81. The molecule has 10 aromatic rings. The summed E-state index contributed by atoms with van der Waals surface area (Å²) in [6.45, 7) is 0. The smallest absolute Gasteiger partial charge is 0.0786 e. The summed E-state index contributed by atoms with van der Waals surface area (Å²) >= 11 is 1.86. The fourth-order valence-corrected chi connectivity index (χ4v) is 8.39.